The molecule has 1 aliphatic heterocycles. The van der Waals surface area contributed by atoms with E-state index in [1.54, 1.807) is 0 Å². The molecule has 1 fully saturated rings. The first-order valence-electron chi connectivity index (χ1n) is 5.72. The lowest BCUT2D eigenvalue weighted by molar-refractivity contribution is 0.0986. The van der Waals surface area contributed by atoms with Gasteiger partial charge in [-0.2, -0.15) is 0 Å². The smallest absolute Gasteiger partial charge is 0.0195 e. The van der Waals surface area contributed by atoms with Gasteiger partial charge in [-0.1, -0.05) is 22.4 Å². The van der Waals surface area contributed by atoms with Crippen LogP contribution in [0.3, 0.4) is 0 Å². The van der Waals surface area contributed by atoms with Gasteiger partial charge in [0, 0.05) is 31.0 Å². The summed E-state index contributed by atoms with van der Waals surface area (Å²) in [5.41, 5.74) is 0. The van der Waals surface area contributed by atoms with Crippen LogP contribution < -0.4 is 0 Å². The van der Waals surface area contributed by atoms with Crippen molar-refractivity contribution in [2.45, 2.75) is 32.2 Å². The number of halogens is 1. The Hall–Kier alpha value is 0.400. The van der Waals surface area contributed by atoms with Crippen LogP contribution in [-0.2, 0) is 0 Å². The van der Waals surface area contributed by atoms with Crippen molar-refractivity contribution in [3.05, 3.63) is 0 Å². The molecule has 84 valence electrons. The Morgan fingerprint density at radius 1 is 1.21 bits per heavy atom. The third-order valence-electron chi connectivity index (χ3n) is 3.05. The van der Waals surface area contributed by atoms with Crippen molar-refractivity contribution in [3.63, 3.8) is 0 Å². The molecule has 0 saturated carbocycles. The van der Waals surface area contributed by atoms with Crippen molar-refractivity contribution in [2.24, 2.45) is 0 Å². The van der Waals surface area contributed by atoms with Crippen LogP contribution in [-0.4, -0.2) is 54.4 Å². The Morgan fingerprint density at radius 3 is 2.64 bits per heavy atom. The molecule has 0 amide bonds. The maximum absolute atomic E-state index is 3.48. The molecule has 0 spiro atoms. The number of unbranched alkanes of at least 4 members (excludes halogenated alkanes) is 2. The highest BCUT2D eigenvalue weighted by Gasteiger charge is 2.20. The molecular weight excluding hydrogens is 240 g/mol. The van der Waals surface area contributed by atoms with Crippen molar-refractivity contribution < 1.29 is 0 Å². The maximum Gasteiger partial charge on any atom is 0.0195 e. The summed E-state index contributed by atoms with van der Waals surface area (Å²) in [7, 11) is 2.22. The molecule has 0 aliphatic carbocycles. The molecule has 1 aliphatic rings. The van der Waals surface area contributed by atoms with E-state index in [-0.39, 0.29) is 0 Å². The number of nitrogens with zero attached hydrogens (tertiary/aromatic N) is 2. The Bertz CT molecular complexity index is 152. The molecule has 0 radical (unpaired) electrons. The number of piperazine rings is 1. The van der Waals surface area contributed by atoms with Crippen LogP contribution in [0, 0.1) is 0 Å². The van der Waals surface area contributed by atoms with Crippen LogP contribution in [0.2, 0.25) is 0 Å². The van der Waals surface area contributed by atoms with E-state index < -0.39 is 0 Å². The first-order valence-corrected chi connectivity index (χ1v) is 6.84. The highest BCUT2D eigenvalue weighted by atomic mass is 79.9. The summed E-state index contributed by atoms with van der Waals surface area (Å²) in [6.07, 6.45) is 4.05. The normalized spacial score (nSPS) is 25.5. The zero-order valence-electron chi connectivity index (χ0n) is 9.51. The van der Waals surface area contributed by atoms with Crippen LogP contribution in [0.4, 0.5) is 0 Å². The zero-order chi connectivity index (χ0) is 10.4. The lowest BCUT2D eigenvalue weighted by Gasteiger charge is -2.38. The Kier molecular flexibility index (Phi) is 6.06. The Morgan fingerprint density at radius 2 is 2.00 bits per heavy atom. The van der Waals surface area contributed by atoms with E-state index in [0.29, 0.717) is 0 Å². The van der Waals surface area contributed by atoms with Gasteiger partial charge in [-0.25, -0.2) is 0 Å². The number of hydrogen-bond acceptors (Lipinski definition) is 2. The standard InChI is InChI=1S/C11H23BrN2/c1-11-10-13(2)8-9-14(11)7-5-3-4-6-12/h11H,3-10H2,1-2H3. The van der Waals surface area contributed by atoms with Gasteiger partial charge in [-0.05, 0) is 33.4 Å². The fourth-order valence-electron chi connectivity index (χ4n) is 2.10. The second-order valence-electron chi connectivity index (χ2n) is 4.40. The molecule has 3 heteroatoms. The summed E-state index contributed by atoms with van der Waals surface area (Å²) in [6.45, 7) is 7.37. The van der Waals surface area contributed by atoms with Gasteiger partial charge in [0.2, 0.25) is 0 Å². The summed E-state index contributed by atoms with van der Waals surface area (Å²) < 4.78 is 0. The van der Waals surface area contributed by atoms with Crippen LogP contribution in [0.5, 0.6) is 0 Å². The average molecular weight is 263 g/mol. The second kappa shape index (κ2) is 6.81. The zero-order valence-corrected chi connectivity index (χ0v) is 11.1. The average Bonchev–Trinajstić information content (AvgIpc) is 2.15. The van der Waals surface area contributed by atoms with Crippen LogP contribution in [0.25, 0.3) is 0 Å². The number of rotatable bonds is 5. The molecular formula is C11H23BrN2. The second-order valence-corrected chi connectivity index (χ2v) is 5.19. The molecule has 1 unspecified atom stereocenters. The molecule has 0 aromatic heterocycles. The van der Waals surface area contributed by atoms with E-state index in [2.05, 4.69) is 39.7 Å². The molecule has 2 nitrogen and oxygen atoms in total. The number of alkyl halides is 1. The van der Waals surface area contributed by atoms with E-state index in [9.17, 15) is 0 Å². The van der Waals surface area contributed by atoms with Gasteiger partial charge in [-0.15, -0.1) is 0 Å². The molecule has 0 N–H and O–H groups in total. The van der Waals surface area contributed by atoms with Crippen LogP contribution in [0.15, 0.2) is 0 Å². The Balaban J connectivity index is 2.11. The summed E-state index contributed by atoms with van der Waals surface area (Å²) in [5.74, 6) is 0. The topological polar surface area (TPSA) is 6.48 Å². The van der Waals surface area contributed by atoms with Gasteiger partial charge in [0.05, 0.1) is 0 Å². The van der Waals surface area contributed by atoms with Gasteiger partial charge in [-0.3, -0.25) is 4.90 Å². The lowest BCUT2D eigenvalue weighted by Crippen LogP contribution is -2.50. The van der Waals surface area contributed by atoms with E-state index in [1.807, 2.05) is 0 Å². The molecule has 1 heterocycles. The highest BCUT2D eigenvalue weighted by Crippen LogP contribution is 2.09. The fourth-order valence-corrected chi connectivity index (χ4v) is 2.49. The molecule has 0 bridgehead atoms. The molecule has 1 saturated heterocycles. The molecule has 1 atom stereocenters. The predicted molar refractivity (Wildman–Crippen MR) is 66.2 cm³/mol. The van der Waals surface area contributed by atoms with E-state index in [4.69, 9.17) is 0 Å². The first kappa shape index (κ1) is 12.5. The van der Waals surface area contributed by atoms with Gasteiger partial charge < -0.3 is 4.90 Å². The molecule has 0 aromatic rings. The van der Waals surface area contributed by atoms with Gasteiger partial charge in [0.1, 0.15) is 0 Å². The van der Waals surface area contributed by atoms with Crippen molar-refractivity contribution in [1.82, 2.24) is 9.80 Å². The van der Waals surface area contributed by atoms with Gasteiger partial charge in [0.15, 0.2) is 0 Å². The summed E-state index contributed by atoms with van der Waals surface area (Å²) in [4.78, 5) is 5.06. The SMILES string of the molecule is CC1CN(C)CCN1CCCCCBr. The number of hydrogen-bond donors (Lipinski definition) is 0. The third kappa shape index (κ3) is 4.28. The predicted octanol–water partition coefficient (Wildman–Crippen LogP) is 2.19. The third-order valence-corrected chi connectivity index (χ3v) is 3.61. The van der Waals surface area contributed by atoms with E-state index >= 15 is 0 Å². The quantitative estimate of drug-likeness (QED) is 0.554. The van der Waals surface area contributed by atoms with Crippen molar-refractivity contribution >= 4 is 15.9 Å². The summed E-state index contributed by atoms with van der Waals surface area (Å²) in [5, 5.41) is 1.16. The largest absolute Gasteiger partial charge is 0.304 e. The van der Waals surface area contributed by atoms with Crippen LogP contribution in [0.1, 0.15) is 26.2 Å². The number of likely N-dealkylation sites (N-methyl/N-ethyl adjacent to an activating group) is 1. The van der Waals surface area contributed by atoms with Crippen molar-refractivity contribution in [1.29, 1.82) is 0 Å². The minimum absolute atomic E-state index is 0.748. The molecule has 1 rings (SSSR count). The fraction of sp³-hybridized carbons (Fsp3) is 1.00. The Labute approximate surface area is 96.8 Å². The van der Waals surface area contributed by atoms with Gasteiger partial charge in [0.25, 0.3) is 0 Å². The van der Waals surface area contributed by atoms with Gasteiger partial charge >= 0.3 is 0 Å². The van der Waals surface area contributed by atoms with Crippen molar-refractivity contribution in [3.8, 4) is 0 Å². The molecule has 14 heavy (non-hydrogen) atoms. The minimum Gasteiger partial charge on any atom is -0.304 e. The summed E-state index contributed by atoms with van der Waals surface area (Å²) >= 11 is 3.48. The first-order chi connectivity index (χ1) is 6.74. The monoisotopic (exact) mass is 262 g/mol. The highest BCUT2D eigenvalue weighted by molar-refractivity contribution is 9.09. The molecule has 0 aromatic carbocycles. The van der Waals surface area contributed by atoms with E-state index in [0.717, 1.165) is 11.4 Å². The van der Waals surface area contributed by atoms with Crippen molar-refractivity contribution in [2.75, 3.05) is 38.6 Å². The van der Waals surface area contributed by atoms with E-state index in [1.165, 1.54) is 45.4 Å². The summed E-state index contributed by atoms with van der Waals surface area (Å²) in [6, 6.07) is 0.748. The minimum atomic E-state index is 0.748. The maximum atomic E-state index is 3.48. The van der Waals surface area contributed by atoms with Crippen LogP contribution >= 0.6 is 15.9 Å². The lowest BCUT2D eigenvalue weighted by atomic mass is 10.1.